The highest BCUT2D eigenvalue weighted by Crippen LogP contribution is 2.24. The number of allylic oxidation sites excluding steroid dienone is 4. The number of ether oxygens (including phenoxy) is 4. The fraction of sp³-hybridized carbons (Fsp3) is 0.902. The SMILES string of the molecule is CCCCCCCCCCCCCCCC/C=C/CC/C=C/CCCC(=O)OC[C@H](CO[C@H]1O[C@H](CS(=O)(=O)O)[C@@H](O)C(O)C1O)OC(=O)CCCCCCCCCCCCCCCCCCCCCCCCC. The molecule has 0 aromatic heterocycles. The number of unbranched alkanes of at least 4 members (excludes halogenated alkanes) is 38. The van der Waals surface area contributed by atoms with Gasteiger partial charge in [0.05, 0.1) is 6.61 Å². The Hall–Kier alpha value is -1.87. The van der Waals surface area contributed by atoms with E-state index in [1.165, 1.54) is 212 Å². The van der Waals surface area contributed by atoms with E-state index in [4.69, 9.17) is 18.9 Å². The molecule has 0 amide bonds. The smallest absolute Gasteiger partial charge is 0.306 e. The van der Waals surface area contributed by atoms with Crippen LogP contribution in [0.15, 0.2) is 24.3 Å². The van der Waals surface area contributed by atoms with Gasteiger partial charge in [0.15, 0.2) is 12.4 Å². The number of aliphatic hydroxyl groups excluding tert-OH is 3. The fourth-order valence-electron chi connectivity index (χ4n) is 9.76. The molecule has 1 heterocycles. The van der Waals surface area contributed by atoms with Crippen LogP contribution in [0.5, 0.6) is 0 Å². The van der Waals surface area contributed by atoms with E-state index in [2.05, 4.69) is 38.2 Å². The lowest BCUT2D eigenvalue weighted by Gasteiger charge is -2.40. The Morgan fingerprint density at radius 2 is 0.797 bits per heavy atom. The van der Waals surface area contributed by atoms with Gasteiger partial charge < -0.3 is 34.3 Å². The van der Waals surface area contributed by atoms with Gasteiger partial charge >= 0.3 is 11.9 Å². The summed E-state index contributed by atoms with van der Waals surface area (Å²) in [6.45, 7) is 3.80. The number of carbonyl (C=O) groups is 2. The quantitative estimate of drug-likeness (QED) is 0.0196. The number of esters is 2. The van der Waals surface area contributed by atoms with E-state index < -0.39 is 71.2 Å². The average Bonchev–Trinajstić information content (AvgIpc) is 3.37. The maximum absolute atomic E-state index is 12.9. The Morgan fingerprint density at radius 1 is 0.446 bits per heavy atom. The third-order valence-electron chi connectivity index (χ3n) is 14.5. The molecular formula is C61H114O12S. The molecular weight excluding hydrogens is 957 g/mol. The summed E-state index contributed by atoms with van der Waals surface area (Å²) < 4.78 is 54.4. The molecule has 1 saturated heterocycles. The van der Waals surface area contributed by atoms with Crippen LogP contribution >= 0.6 is 0 Å². The minimum Gasteiger partial charge on any atom is -0.462 e. The van der Waals surface area contributed by atoms with Gasteiger partial charge in [0, 0.05) is 12.8 Å². The molecule has 0 aromatic rings. The van der Waals surface area contributed by atoms with E-state index in [0.717, 1.165) is 44.9 Å². The number of hydrogen-bond acceptors (Lipinski definition) is 11. The molecule has 0 saturated carbocycles. The van der Waals surface area contributed by atoms with E-state index in [-0.39, 0.29) is 19.4 Å². The summed E-state index contributed by atoms with van der Waals surface area (Å²) in [6.07, 6.45) is 52.4. The van der Waals surface area contributed by atoms with Gasteiger partial charge in [0.1, 0.15) is 36.8 Å². The second-order valence-electron chi connectivity index (χ2n) is 21.7. The summed E-state index contributed by atoms with van der Waals surface area (Å²) in [4.78, 5) is 25.6. The van der Waals surface area contributed by atoms with Crippen molar-refractivity contribution in [1.29, 1.82) is 0 Å². The maximum atomic E-state index is 12.9. The van der Waals surface area contributed by atoms with Gasteiger partial charge in [-0.15, -0.1) is 0 Å². The van der Waals surface area contributed by atoms with Crippen LogP contribution in [0.4, 0.5) is 0 Å². The summed E-state index contributed by atoms with van der Waals surface area (Å²) in [5.41, 5.74) is 0. The van der Waals surface area contributed by atoms with Gasteiger partial charge in [-0.1, -0.05) is 263 Å². The van der Waals surface area contributed by atoms with Gasteiger partial charge in [0.2, 0.25) is 0 Å². The van der Waals surface area contributed by atoms with Gasteiger partial charge in [0.25, 0.3) is 10.1 Å². The number of aliphatic hydroxyl groups is 3. The van der Waals surface area contributed by atoms with Crippen LogP contribution in [0, 0.1) is 0 Å². The van der Waals surface area contributed by atoms with Crippen molar-refractivity contribution >= 4 is 22.1 Å². The van der Waals surface area contributed by atoms with Gasteiger partial charge in [-0.3, -0.25) is 14.1 Å². The molecule has 0 radical (unpaired) electrons. The molecule has 13 heteroatoms. The molecule has 6 atom stereocenters. The topological polar surface area (TPSA) is 186 Å². The number of carbonyl (C=O) groups excluding carboxylic acids is 2. The molecule has 1 aliphatic heterocycles. The molecule has 0 bridgehead atoms. The zero-order valence-electron chi connectivity index (χ0n) is 47.5. The highest BCUT2D eigenvalue weighted by Gasteiger charge is 2.46. The van der Waals surface area contributed by atoms with Gasteiger partial charge in [-0.2, -0.15) is 8.42 Å². The normalized spacial score (nSPS) is 18.7. The minimum atomic E-state index is -4.61. The van der Waals surface area contributed by atoms with Crippen molar-refractivity contribution in [1.82, 2.24) is 0 Å². The van der Waals surface area contributed by atoms with Gasteiger partial charge in [-0.05, 0) is 44.9 Å². The lowest BCUT2D eigenvalue weighted by molar-refractivity contribution is -0.297. The third-order valence-corrected chi connectivity index (χ3v) is 15.3. The van der Waals surface area contributed by atoms with E-state index in [1.54, 1.807) is 0 Å². The molecule has 0 aliphatic carbocycles. The molecule has 0 spiro atoms. The van der Waals surface area contributed by atoms with Crippen molar-refractivity contribution < 1.29 is 56.8 Å². The van der Waals surface area contributed by atoms with Gasteiger partial charge in [-0.25, -0.2) is 0 Å². The van der Waals surface area contributed by atoms with Crippen molar-refractivity contribution in [3.8, 4) is 0 Å². The Morgan fingerprint density at radius 3 is 1.20 bits per heavy atom. The predicted molar refractivity (Wildman–Crippen MR) is 303 cm³/mol. The fourth-order valence-corrected chi connectivity index (χ4v) is 10.5. The molecule has 2 unspecified atom stereocenters. The highest BCUT2D eigenvalue weighted by atomic mass is 32.2. The van der Waals surface area contributed by atoms with E-state index >= 15 is 0 Å². The van der Waals surface area contributed by atoms with E-state index in [1.807, 2.05) is 0 Å². The first kappa shape index (κ1) is 70.1. The summed E-state index contributed by atoms with van der Waals surface area (Å²) in [5.74, 6) is -2.02. The first-order valence-electron chi connectivity index (χ1n) is 30.9. The molecule has 74 heavy (non-hydrogen) atoms. The summed E-state index contributed by atoms with van der Waals surface area (Å²) in [6, 6.07) is 0. The van der Waals surface area contributed by atoms with E-state index in [0.29, 0.717) is 12.8 Å². The Balaban J connectivity index is 2.29. The van der Waals surface area contributed by atoms with Crippen molar-refractivity contribution in [3.05, 3.63) is 24.3 Å². The average molecular weight is 1070 g/mol. The molecule has 1 fully saturated rings. The van der Waals surface area contributed by atoms with Crippen molar-refractivity contribution in [3.63, 3.8) is 0 Å². The zero-order valence-corrected chi connectivity index (χ0v) is 48.3. The van der Waals surface area contributed by atoms with Crippen LogP contribution in [0.3, 0.4) is 0 Å². The lowest BCUT2D eigenvalue weighted by atomic mass is 10.00. The predicted octanol–water partition coefficient (Wildman–Crippen LogP) is 15.5. The van der Waals surface area contributed by atoms with Crippen molar-refractivity contribution in [2.45, 2.75) is 333 Å². The Kier molecular flexibility index (Phi) is 48.0. The Bertz CT molecular complexity index is 1440. The third kappa shape index (κ3) is 44.1. The highest BCUT2D eigenvalue weighted by molar-refractivity contribution is 7.85. The summed E-state index contributed by atoms with van der Waals surface area (Å²) >= 11 is 0. The molecule has 12 nitrogen and oxygen atoms in total. The second kappa shape index (κ2) is 50.6. The second-order valence-corrected chi connectivity index (χ2v) is 23.2. The summed E-state index contributed by atoms with van der Waals surface area (Å²) in [5, 5.41) is 31.1. The van der Waals surface area contributed by atoms with Crippen LogP contribution in [0.1, 0.15) is 296 Å². The van der Waals surface area contributed by atoms with Crippen LogP contribution in [-0.4, -0.2) is 96.0 Å². The maximum Gasteiger partial charge on any atom is 0.306 e. The molecule has 1 aliphatic rings. The number of rotatable bonds is 54. The molecule has 0 aromatic carbocycles. The molecule has 436 valence electrons. The number of hydrogen-bond donors (Lipinski definition) is 4. The first-order chi connectivity index (χ1) is 36.0. The van der Waals surface area contributed by atoms with Crippen molar-refractivity contribution in [2.75, 3.05) is 19.0 Å². The van der Waals surface area contributed by atoms with E-state index in [9.17, 15) is 37.9 Å². The largest absolute Gasteiger partial charge is 0.462 e. The van der Waals surface area contributed by atoms with Crippen LogP contribution < -0.4 is 0 Å². The monoisotopic (exact) mass is 1070 g/mol. The standard InChI is InChI=1S/C61H114O12S/c1-3-5-7-9-11-13-15-17-19-21-23-25-27-29-31-33-35-37-39-41-43-45-47-49-56(62)70-51-54(52-71-61-60(66)59(65)58(64)55(73-61)53-74(67,68)69)72-57(63)50-48-46-44-42-40-38-36-34-32-30-28-26-24-22-20-18-16-14-12-10-8-6-4-2/h33,35,41,43,54-55,58-61,64-66H,3-32,34,36-40,42,44-53H2,1-2H3,(H,67,68,69)/b35-33+,43-41+/t54-,55-,58-,59?,60?,61+/m1/s1. The minimum absolute atomic E-state index is 0.162. The molecule has 1 rings (SSSR count). The van der Waals surface area contributed by atoms with Crippen molar-refractivity contribution in [2.24, 2.45) is 0 Å². The van der Waals surface area contributed by atoms with Crippen LogP contribution in [0.25, 0.3) is 0 Å². The van der Waals surface area contributed by atoms with Crippen LogP contribution in [0.2, 0.25) is 0 Å². The van der Waals surface area contributed by atoms with Crippen LogP contribution in [-0.2, 0) is 38.7 Å². The lowest BCUT2D eigenvalue weighted by Crippen LogP contribution is -2.60. The Labute approximate surface area is 453 Å². The zero-order chi connectivity index (χ0) is 54.0. The first-order valence-corrected chi connectivity index (χ1v) is 32.5. The molecule has 4 N–H and O–H groups in total. The summed E-state index contributed by atoms with van der Waals surface area (Å²) in [7, 11) is -4.61.